The van der Waals surface area contributed by atoms with Crippen molar-refractivity contribution in [3.8, 4) is 0 Å². The summed E-state index contributed by atoms with van der Waals surface area (Å²) in [6.45, 7) is 3.02. The third-order valence-corrected chi connectivity index (χ3v) is 2.84. The lowest BCUT2D eigenvalue weighted by Crippen LogP contribution is -2.04. The quantitative estimate of drug-likeness (QED) is 0.638. The van der Waals surface area contributed by atoms with Crippen molar-refractivity contribution in [1.29, 1.82) is 0 Å². The molecule has 2 heteroatoms. The first-order chi connectivity index (χ1) is 5.84. The molecule has 0 amide bonds. The Balaban J connectivity index is 2.48. The van der Waals surface area contributed by atoms with Gasteiger partial charge >= 0.3 is 0 Å². The van der Waals surface area contributed by atoms with E-state index in [9.17, 15) is 0 Å². The van der Waals surface area contributed by atoms with Crippen LogP contribution >= 0.6 is 0 Å². The lowest BCUT2D eigenvalue weighted by molar-refractivity contribution is 0.108. The Kier molecular flexibility index (Phi) is 4.04. The molecule has 1 unspecified atom stereocenters. The van der Waals surface area contributed by atoms with Crippen molar-refractivity contribution in [2.24, 2.45) is 0 Å². The van der Waals surface area contributed by atoms with Crippen molar-refractivity contribution in [1.82, 2.24) is 0 Å². The van der Waals surface area contributed by atoms with Gasteiger partial charge in [-0.15, -0.1) is 0 Å². The van der Waals surface area contributed by atoms with Crippen LogP contribution in [0.2, 0.25) is 0 Å². The average molecular weight is 180 g/mol. The Morgan fingerprint density at radius 1 is 1.33 bits per heavy atom. The van der Waals surface area contributed by atoms with Crippen LogP contribution in [-0.4, -0.2) is 16.8 Å². The van der Waals surface area contributed by atoms with Crippen molar-refractivity contribution in [3.63, 3.8) is 0 Å². The molecule has 0 aliphatic carbocycles. The van der Waals surface area contributed by atoms with Gasteiger partial charge in [-0.1, -0.05) is 37.3 Å². The van der Waals surface area contributed by atoms with Gasteiger partial charge in [0.25, 0.3) is 0 Å². The Morgan fingerprint density at radius 2 is 2.00 bits per heavy atom. The molecule has 0 radical (unpaired) electrons. The monoisotopic (exact) mass is 180 g/mol. The lowest BCUT2D eigenvalue weighted by atomic mass is 10.2. The average Bonchev–Trinajstić information content (AvgIpc) is 2.15. The summed E-state index contributed by atoms with van der Waals surface area (Å²) in [4.78, 5) is 0. The largest absolute Gasteiger partial charge is 0.378 e. The van der Waals surface area contributed by atoms with Crippen LogP contribution in [0, 0.1) is 0 Å². The van der Waals surface area contributed by atoms with Crippen LogP contribution < -0.4 is 0 Å². The molecule has 0 N–H and O–H groups in total. The van der Waals surface area contributed by atoms with Gasteiger partial charge in [0.2, 0.25) is 0 Å². The van der Waals surface area contributed by atoms with Gasteiger partial charge in [0.15, 0.2) is 0 Å². The van der Waals surface area contributed by atoms with Crippen LogP contribution in [-0.2, 0) is 4.74 Å². The van der Waals surface area contributed by atoms with Gasteiger partial charge in [0, 0.05) is 16.8 Å². The predicted octanol–water partition coefficient (Wildman–Crippen LogP) is 1.48. The van der Waals surface area contributed by atoms with Gasteiger partial charge in [-0.3, -0.25) is 0 Å². The summed E-state index contributed by atoms with van der Waals surface area (Å²) in [5.41, 5.74) is 1.68. The lowest BCUT2D eigenvalue weighted by Gasteiger charge is -2.12. The van der Waals surface area contributed by atoms with Crippen LogP contribution in [0.4, 0.5) is 0 Å². The van der Waals surface area contributed by atoms with Gasteiger partial charge in [-0.05, 0) is 12.0 Å². The summed E-state index contributed by atoms with van der Waals surface area (Å²) in [6, 6.07) is 10.4. The second kappa shape index (κ2) is 5.12. The van der Waals surface area contributed by atoms with Crippen molar-refractivity contribution in [3.05, 3.63) is 35.9 Å². The number of hydrogen-bond donors (Lipinski definition) is 0. The molecule has 0 fully saturated rings. The molecule has 0 bridgehead atoms. The van der Waals surface area contributed by atoms with Crippen LogP contribution in [0.15, 0.2) is 30.3 Å². The molecule has 0 saturated heterocycles. The fourth-order valence-corrected chi connectivity index (χ4v) is 1.74. The van der Waals surface area contributed by atoms with E-state index >= 15 is 0 Å². The maximum atomic E-state index is 5.64. The Labute approximate surface area is 77.2 Å². The van der Waals surface area contributed by atoms with Gasteiger partial charge in [-0.25, -0.2) is 0 Å². The summed E-state index contributed by atoms with van der Waals surface area (Å²) in [5, 5.41) is 0. The normalized spacial score (nSPS) is 13.1. The van der Waals surface area contributed by atoms with Crippen LogP contribution in [0.3, 0.4) is 0 Å². The molecule has 0 spiro atoms. The van der Waals surface area contributed by atoms with E-state index in [0.29, 0.717) is 5.73 Å². The summed E-state index contributed by atoms with van der Waals surface area (Å²) in [6.07, 6.45) is 1.10. The van der Waals surface area contributed by atoms with Crippen molar-refractivity contribution >= 4 is 10.2 Å². The van der Waals surface area contributed by atoms with E-state index in [1.54, 1.807) is 0 Å². The van der Waals surface area contributed by atoms with Gasteiger partial charge in [0.1, 0.15) is 0 Å². The predicted molar refractivity (Wildman–Crippen MR) is 55.4 cm³/mol. The number of ether oxygens (including phenoxy) is 1. The minimum Gasteiger partial charge on any atom is -0.378 e. The smallest absolute Gasteiger partial charge is 0.0622 e. The fourth-order valence-electron chi connectivity index (χ4n) is 1.11. The van der Waals surface area contributed by atoms with Crippen molar-refractivity contribution in [2.75, 3.05) is 6.61 Å². The minimum absolute atomic E-state index is 0.367. The second-order valence-electron chi connectivity index (χ2n) is 2.92. The van der Waals surface area contributed by atoms with Crippen molar-refractivity contribution in [2.45, 2.75) is 19.1 Å². The third kappa shape index (κ3) is 2.79. The second-order valence-corrected chi connectivity index (χ2v) is 3.97. The van der Waals surface area contributed by atoms with E-state index < -0.39 is 0 Å². The van der Waals surface area contributed by atoms with Crippen LogP contribution in [0.1, 0.15) is 24.6 Å². The zero-order valence-corrected chi connectivity index (χ0v) is 9.79. The highest BCUT2D eigenvalue weighted by molar-refractivity contribution is 6.11. The minimum atomic E-state index is 0.367. The zero-order valence-electron chi connectivity index (χ0n) is 7.79. The highest BCUT2D eigenvalue weighted by atomic mass is 28.1. The molecular weight excluding hydrogens is 164 g/mol. The fraction of sp³-hybridized carbons (Fsp3) is 0.400. The number of benzene rings is 1. The molecule has 0 heterocycles. The molecule has 1 aromatic carbocycles. The molecule has 0 saturated carbocycles. The third-order valence-electron chi connectivity index (χ3n) is 1.84. The number of hydrogen-bond acceptors (Lipinski definition) is 1. The van der Waals surface area contributed by atoms with Crippen molar-refractivity contribution < 1.29 is 4.74 Å². The van der Waals surface area contributed by atoms with E-state index in [2.05, 4.69) is 31.2 Å². The van der Waals surface area contributed by atoms with E-state index in [1.807, 2.05) is 6.07 Å². The molecule has 66 valence electrons. The first kappa shape index (κ1) is 9.48. The van der Waals surface area contributed by atoms with Crippen LogP contribution in [0.25, 0.3) is 0 Å². The van der Waals surface area contributed by atoms with Gasteiger partial charge in [-0.2, -0.15) is 0 Å². The highest BCUT2D eigenvalue weighted by Gasteiger charge is 2.02. The van der Waals surface area contributed by atoms with Crippen LogP contribution in [0.5, 0.6) is 0 Å². The molecule has 0 aliphatic rings. The maximum absolute atomic E-state index is 5.64. The van der Waals surface area contributed by atoms with E-state index in [4.69, 9.17) is 4.74 Å². The summed E-state index contributed by atoms with van der Waals surface area (Å²) >= 11 is 0. The Bertz CT molecular complexity index is 210. The van der Waals surface area contributed by atoms with E-state index in [-0.39, 0.29) is 0 Å². The van der Waals surface area contributed by atoms with E-state index in [0.717, 1.165) is 23.3 Å². The molecule has 1 atom stereocenters. The molecule has 1 aromatic rings. The van der Waals surface area contributed by atoms with Gasteiger partial charge < -0.3 is 4.74 Å². The molecule has 1 nitrogen and oxygen atoms in total. The topological polar surface area (TPSA) is 9.23 Å². The first-order valence-electron chi connectivity index (χ1n) is 4.51. The van der Waals surface area contributed by atoms with Gasteiger partial charge in [0.05, 0.1) is 5.73 Å². The SMILES string of the molecule is CCCOC([SiH3])c1ccccc1. The Morgan fingerprint density at radius 3 is 2.58 bits per heavy atom. The zero-order chi connectivity index (χ0) is 8.81. The molecule has 0 aliphatic heterocycles. The molecule has 1 rings (SSSR count). The standard InChI is InChI=1S/C10H16OSi/c1-2-8-11-10(12)9-6-4-3-5-7-9/h3-7,10H,2,8H2,1,12H3. The maximum Gasteiger partial charge on any atom is 0.0622 e. The Hall–Kier alpha value is -0.603. The summed E-state index contributed by atoms with van der Waals surface area (Å²) < 4.78 is 5.64. The van der Waals surface area contributed by atoms with E-state index in [1.165, 1.54) is 5.56 Å². The number of rotatable bonds is 4. The summed E-state index contributed by atoms with van der Waals surface area (Å²) in [7, 11) is 1.07. The molecule has 12 heavy (non-hydrogen) atoms. The summed E-state index contributed by atoms with van der Waals surface area (Å²) in [5.74, 6) is 0. The molecular formula is C10H16OSi. The molecule has 0 aromatic heterocycles. The first-order valence-corrected chi connectivity index (χ1v) is 5.66. The highest BCUT2D eigenvalue weighted by Crippen LogP contribution is 2.12.